The molecule has 124 valence electrons. The van der Waals surface area contributed by atoms with Crippen LogP contribution in [0, 0.1) is 11.8 Å². The zero-order chi connectivity index (χ0) is 15.5. The summed E-state index contributed by atoms with van der Waals surface area (Å²) in [5.74, 6) is 1.55. The van der Waals surface area contributed by atoms with Crippen molar-refractivity contribution in [1.82, 2.24) is 5.32 Å². The van der Waals surface area contributed by atoms with Crippen molar-refractivity contribution in [3.63, 3.8) is 0 Å². The highest BCUT2D eigenvalue weighted by Crippen LogP contribution is 2.25. The van der Waals surface area contributed by atoms with E-state index in [0.29, 0.717) is 24.3 Å². The van der Waals surface area contributed by atoms with Crippen LogP contribution >= 0.6 is 0 Å². The van der Waals surface area contributed by atoms with E-state index < -0.39 is 0 Å². The van der Waals surface area contributed by atoms with Crippen molar-refractivity contribution < 1.29 is 4.79 Å². The van der Waals surface area contributed by atoms with Crippen molar-refractivity contribution >= 4 is 5.91 Å². The number of nitrogens with one attached hydrogen (secondary N) is 1. The van der Waals surface area contributed by atoms with Crippen molar-refractivity contribution in [1.29, 1.82) is 0 Å². The molecule has 0 radical (unpaired) electrons. The maximum atomic E-state index is 12.2. The van der Waals surface area contributed by atoms with Crippen molar-refractivity contribution in [2.45, 2.75) is 90.5 Å². The highest BCUT2D eigenvalue weighted by molar-refractivity contribution is 5.76. The Morgan fingerprint density at radius 3 is 2.38 bits per heavy atom. The summed E-state index contributed by atoms with van der Waals surface area (Å²) in [4.78, 5) is 12.2. The summed E-state index contributed by atoms with van der Waals surface area (Å²) in [6, 6.07) is 0.342. The molecule has 3 heteroatoms. The van der Waals surface area contributed by atoms with Gasteiger partial charge in [0.05, 0.1) is 0 Å². The van der Waals surface area contributed by atoms with Crippen LogP contribution in [-0.4, -0.2) is 18.5 Å². The number of hydrogen-bond acceptors (Lipinski definition) is 2. The van der Waals surface area contributed by atoms with Crippen LogP contribution in [0.2, 0.25) is 0 Å². The van der Waals surface area contributed by atoms with Crippen LogP contribution < -0.4 is 11.1 Å². The van der Waals surface area contributed by atoms with Gasteiger partial charge in [-0.3, -0.25) is 4.79 Å². The number of hydrogen-bond donors (Lipinski definition) is 2. The Morgan fingerprint density at radius 2 is 1.81 bits per heavy atom. The van der Waals surface area contributed by atoms with E-state index in [9.17, 15) is 4.79 Å². The first-order valence-corrected chi connectivity index (χ1v) is 9.16. The molecule has 0 aromatic heterocycles. The minimum atomic E-state index is 0.241. The van der Waals surface area contributed by atoms with Crippen LogP contribution in [0.1, 0.15) is 84.5 Å². The van der Waals surface area contributed by atoms with Gasteiger partial charge in [-0.2, -0.15) is 0 Å². The zero-order valence-electron chi connectivity index (χ0n) is 14.2. The predicted octanol–water partition coefficient (Wildman–Crippen LogP) is 4.01. The van der Waals surface area contributed by atoms with E-state index in [1.54, 1.807) is 0 Å². The van der Waals surface area contributed by atoms with E-state index in [2.05, 4.69) is 19.2 Å². The van der Waals surface area contributed by atoms with Crippen molar-refractivity contribution in [2.75, 3.05) is 6.54 Å². The minimum Gasteiger partial charge on any atom is -0.353 e. The van der Waals surface area contributed by atoms with Crippen LogP contribution in [0.15, 0.2) is 0 Å². The van der Waals surface area contributed by atoms with Gasteiger partial charge in [0.1, 0.15) is 0 Å². The van der Waals surface area contributed by atoms with E-state index in [4.69, 9.17) is 5.73 Å². The fraction of sp³-hybridized carbons (Fsp3) is 0.944. The van der Waals surface area contributed by atoms with E-state index >= 15 is 0 Å². The zero-order valence-corrected chi connectivity index (χ0v) is 14.2. The summed E-state index contributed by atoms with van der Waals surface area (Å²) in [6.07, 6.45) is 13.1. The second-order valence-electron chi connectivity index (χ2n) is 6.88. The van der Waals surface area contributed by atoms with Crippen LogP contribution in [0.3, 0.4) is 0 Å². The van der Waals surface area contributed by atoms with Gasteiger partial charge < -0.3 is 11.1 Å². The van der Waals surface area contributed by atoms with Gasteiger partial charge in [-0.1, -0.05) is 45.4 Å². The molecule has 0 saturated heterocycles. The molecule has 1 amide bonds. The molecule has 0 heterocycles. The molecular weight excluding hydrogens is 260 g/mol. The lowest BCUT2D eigenvalue weighted by Crippen LogP contribution is -2.38. The molecule has 2 atom stereocenters. The molecule has 3 nitrogen and oxygen atoms in total. The smallest absolute Gasteiger partial charge is 0.220 e. The van der Waals surface area contributed by atoms with Crippen LogP contribution in [0.25, 0.3) is 0 Å². The Hall–Kier alpha value is -0.570. The van der Waals surface area contributed by atoms with Crippen LogP contribution in [0.5, 0.6) is 0 Å². The van der Waals surface area contributed by atoms with E-state index in [1.807, 2.05) is 0 Å². The first-order valence-electron chi connectivity index (χ1n) is 9.16. The fourth-order valence-electron chi connectivity index (χ4n) is 3.67. The van der Waals surface area contributed by atoms with Gasteiger partial charge in [0.25, 0.3) is 0 Å². The van der Waals surface area contributed by atoms with E-state index in [1.165, 1.54) is 51.4 Å². The molecule has 0 aromatic carbocycles. The van der Waals surface area contributed by atoms with Crippen molar-refractivity contribution in [3.05, 3.63) is 0 Å². The molecule has 1 aliphatic carbocycles. The molecular formula is C18H36N2O. The molecule has 1 unspecified atom stereocenters. The second-order valence-corrected chi connectivity index (χ2v) is 6.88. The lowest BCUT2D eigenvalue weighted by Gasteiger charge is -2.24. The third-order valence-corrected chi connectivity index (χ3v) is 5.05. The first kappa shape index (κ1) is 18.5. The number of carbonyl (C=O) groups is 1. The lowest BCUT2D eigenvalue weighted by atomic mass is 9.92. The Kier molecular flexibility index (Phi) is 9.73. The monoisotopic (exact) mass is 296 g/mol. The number of amides is 1. The predicted molar refractivity (Wildman–Crippen MR) is 90.1 cm³/mol. The Morgan fingerprint density at radius 1 is 1.14 bits per heavy atom. The average Bonchev–Trinajstić information content (AvgIpc) is 2.74. The van der Waals surface area contributed by atoms with E-state index in [-0.39, 0.29) is 5.91 Å². The van der Waals surface area contributed by atoms with Gasteiger partial charge >= 0.3 is 0 Å². The first-order chi connectivity index (χ1) is 10.2. The van der Waals surface area contributed by atoms with Crippen LogP contribution in [-0.2, 0) is 4.79 Å². The maximum Gasteiger partial charge on any atom is 0.220 e. The largest absolute Gasteiger partial charge is 0.353 e. The summed E-state index contributed by atoms with van der Waals surface area (Å²) in [5, 5.41) is 3.25. The summed E-state index contributed by atoms with van der Waals surface area (Å²) in [7, 11) is 0. The van der Waals surface area contributed by atoms with Crippen molar-refractivity contribution in [2.24, 2.45) is 17.6 Å². The highest BCUT2D eigenvalue weighted by Gasteiger charge is 2.20. The maximum absolute atomic E-state index is 12.2. The molecule has 1 saturated carbocycles. The molecule has 3 N–H and O–H groups in total. The number of carbonyl (C=O) groups excluding carboxylic acids is 1. The lowest BCUT2D eigenvalue weighted by molar-refractivity contribution is -0.122. The standard InChI is InChI=1S/C18H36N2O/c1-3-8-16(13-14-19)11-12-18(21)20-15(2)17-9-6-4-5-7-10-17/h15-17H,3-14,19H2,1-2H3,(H,20,21)/t15-,16?/m1/s1. The Bertz CT molecular complexity index is 266. The normalized spacial score (nSPS) is 19.8. The third kappa shape index (κ3) is 7.85. The molecule has 21 heavy (non-hydrogen) atoms. The summed E-state index contributed by atoms with van der Waals surface area (Å²) >= 11 is 0. The van der Waals surface area contributed by atoms with Gasteiger partial charge in [-0.05, 0) is 51.0 Å². The number of nitrogens with two attached hydrogens (primary N) is 1. The average molecular weight is 296 g/mol. The molecule has 1 aliphatic rings. The highest BCUT2D eigenvalue weighted by atomic mass is 16.1. The van der Waals surface area contributed by atoms with Crippen LogP contribution in [0.4, 0.5) is 0 Å². The second kappa shape index (κ2) is 11.1. The molecule has 0 aliphatic heterocycles. The molecule has 1 fully saturated rings. The van der Waals surface area contributed by atoms with Crippen molar-refractivity contribution in [3.8, 4) is 0 Å². The molecule has 0 aromatic rings. The Balaban J connectivity index is 2.27. The summed E-state index contributed by atoms with van der Waals surface area (Å²) in [5.41, 5.74) is 5.66. The molecule has 0 bridgehead atoms. The molecule has 0 spiro atoms. The van der Waals surface area contributed by atoms with Gasteiger partial charge in [0, 0.05) is 12.5 Å². The fourth-order valence-corrected chi connectivity index (χ4v) is 3.67. The number of rotatable bonds is 9. The third-order valence-electron chi connectivity index (χ3n) is 5.05. The minimum absolute atomic E-state index is 0.241. The van der Waals surface area contributed by atoms with Gasteiger partial charge in [0.15, 0.2) is 0 Å². The Labute approximate surface area is 131 Å². The SMILES string of the molecule is CCCC(CCN)CCC(=O)N[C@H](C)C1CCCCCC1. The quantitative estimate of drug-likeness (QED) is 0.632. The summed E-state index contributed by atoms with van der Waals surface area (Å²) < 4.78 is 0. The van der Waals surface area contributed by atoms with Gasteiger partial charge in [-0.15, -0.1) is 0 Å². The topological polar surface area (TPSA) is 55.1 Å². The molecule has 1 rings (SSSR count). The summed E-state index contributed by atoms with van der Waals surface area (Å²) in [6.45, 7) is 5.14. The van der Waals surface area contributed by atoms with E-state index in [0.717, 1.165) is 19.4 Å². The van der Waals surface area contributed by atoms with Gasteiger partial charge in [0.2, 0.25) is 5.91 Å². The van der Waals surface area contributed by atoms with Gasteiger partial charge in [-0.25, -0.2) is 0 Å².